The summed E-state index contributed by atoms with van der Waals surface area (Å²) in [6, 6.07) is 16.1. The number of hydrogen-bond acceptors (Lipinski definition) is 3. The van der Waals surface area contributed by atoms with Gasteiger partial charge in [-0.05, 0) is 39.3 Å². The highest BCUT2D eigenvalue weighted by Gasteiger charge is 2.19. The Labute approximate surface area is 142 Å². The summed E-state index contributed by atoms with van der Waals surface area (Å²) in [4.78, 5) is 24.4. The van der Waals surface area contributed by atoms with Gasteiger partial charge in [0, 0.05) is 11.1 Å². The topological polar surface area (TPSA) is 55.4 Å². The molecule has 4 heteroatoms. The second kappa shape index (κ2) is 7.30. The summed E-state index contributed by atoms with van der Waals surface area (Å²) in [6.45, 7) is 7.30. The van der Waals surface area contributed by atoms with Gasteiger partial charge in [0.1, 0.15) is 5.60 Å². The fraction of sp³-hybridized carbons (Fsp3) is 0.300. The normalized spacial score (nSPS) is 12.3. The number of rotatable bonds is 4. The van der Waals surface area contributed by atoms with Gasteiger partial charge in [0.05, 0.1) is 6.04 Å². The smallest absolute Gasteiger partial charge is 0.408 e. The van der Waals surface area contributed by atoms with Gasteiger partial charge in [0.25, 0.3) is 0 Å². The molecule has 2 rings (SSSR count). The Kier molecular flexibility index (Phi) is 5.39. The van der Waals surface area contributed by atoms with Gasteiger partial charge in [-0.15, -0.1) is 0 Å². The van der Waals surface area contributed by atoms with Crippen LogP contribution in [0.25, 0.3) is 0 Å². The van der Waals surface area contributed by atoms with Crippen LogP contribution in [0.1, 0.15) is 55.2 Å². The molecular formula is C20H23NO3. The van der Waals surface area contributed by atoms with Crippen molar-refractivity contribution in [3.8, 4) is 0 Å². The van der Waals surface area contributed by atoms with Crippen molar-refractivity contribution in [3.63, 3.8) is 0 Å². The monoisotopic (exact) mass is 325 g/mol. The molecule has 126 valence electrons. The quantitative estimate of drug-likeness (QED) is 0.842. The first kappa shape index (κ1) is 17.7. The van der Waals surface area contributed by atoms with E-state index in [1.165, 1.54) is 0 Å². The third kappa shape index (κ3) is 4.95. The third-order valence-corrected chi connectivity index (χ3v) is 3.42. The first-order valence-electron chi connectivity index (χ1n) is 7.95. The molecule has 1 atom stereocenters. The van der Waals surface area contributed by atoms with Gasteiger partial charge in [-0.2, -0.15) is 0 Å². The zero-order valence-corrected chi connectivity index (χ0v) is 14.5. The van der Waals surface area contributed by atoms with Crippen molar-refractivity contribution >= 4 is 11.9 Å². The van der Waals surface area contributed by atoms with Gasteiger partial charge in [0.15, 0.2) is 5.78 Å². The van der Waals surface area contributed by atoms with E-state index in [0.717, 1.165) is 5.56 Å². The van der Waals surface area contributed by atoms with Gasteiger partial charge >= 0.3 is 6.09 Å². The van der Waals surface area contributed by atoms with Gasteiger partial charge < -0.3 is 10.1 Å². The number of carbonyl (C=O) groups excluding carboxylic acids is 2. The Hall–Kier alpha value is -2.62. The second-order valence-electron chi connectivity index (χ2n) is 6.69. The molecule has 0 heterocycles. The van der Waals surface area contributed by atoms with Gasteiger partial charge in [0.2, 0.25) is 0 Å². The Morgan fingerprint density at radius 3 is 2.21 bits per heavy atom. The minimum atomic E-state index is -0.547. The molecule has 4 nitrogen and oxygen atoms in total. The first-order chi connectivity index (χ1) is 11.3. The van der Waals surface area contributed by atoms with Crippen molar-refractivity contribution < 1.29 is 14.3 Å². The van der Waals surface area contributed by atoms with Gasteiger partial charge in [-0.25, -0.2) is 4.79 Å². The minimum Gasteiger partial charge on any atom is -0.444 e. The maximum absolute atomic E-state index is 12.5. The summed E-state index contributed by atoms with van der Waals surface area (Å²) < 4.78 is 5.26. The molecular weight excluding hydrogens is 302 g/mol. The molecule has 0 saturated carbocycles. The molecule has 2 aromatic rings. The van der Waals surface area contributed by atoms with Crippen molar-refractivity contribution in [2.75, 3.05) is 0 Å². The van der Waals surface area contributed by atoms with Crippen molar-refractivity contribution in [3.05, 3.63) is 71.3 Å². The highest BCUT2D eigenvalue weighted by atomic mass is 16.6. The number of alkyl carbamates (subject to hydrolysis) is 1. The number of benzene rings is 2. The lowest BCUT2D eigenvalue weighted by atomic mass is 9.99. The van der Waals surface area contributed by atoms with Crippen molar-refractivity contribution in [1.29, 1.82) is 0 Å². The van der Waals surface area contributed by atoms with Crippen LogP contribution in [0.4, 0.5) is 4.79 Å². The molecule has 1 amide bonds. The number of amides is 1. The van der Waals surface area contributed by atoms with Crippen LogP contribution in [0, 0.1) is 0 Å². The number of hydrogen-bond donors (Lipinski definition) is 1. The maximum Gasteiger partial charge on any atom is 0.408 e. The minimum absolute atomic E-state index is 0.0399. The van der Waals surface area contributed by atoms with Crippen LogP contribution in [-0.4, -0.2) is 17.5 Å². The lowest BCUT2D eigenvalue weighted by molar-refractivity contribution is 0.0508. The van der Waals surface area contributed by atoms with Crippen molar-refractivity contribution in [2.24, 2.45) is 0 Å². The fourth-order valence-electron chi connectivity index (χ4n) is 2.27. The van der Waals surface area contributed by atoms with E-state index in [9.17, 15) is 9.59 Å². The highest BCUT2D eigenvalue weighted by molar-refractivity contribution is 6.09. The van der Waals surface area contributed by atoms with E-state index in [-0.39, 0.29) is 11.8 Å². The van der Waals surface area contributed by atoms with E-state index in [4.69, 9.17) is 4.74 Å². The predicted molar refractivity (Wildman–Crippen MR) is 94.1 cm³/mol. The Balaban J connectivity index is 2.12. The van der Waals surface area contributed by atoms with Gasteiger partial charge in [-0.1, -0.05) is 48.5 Å². The number of ether oxygens (including phenoxy) is 1. The summed E-state index contributed by atoms with van der Waals surface area (Å²) in [5, 5.41) is 2.79. The van der Waals surface area contributed by atoms with Crippen LogP contribution < -0.4 is 5.32 Å². The second-order valence-corrected chi connectivity index (χ2v) is 6.69. The molecule has 0 aliphatic rings. The molecule has 0 fully saturated rings. The molecule has 0 aliphatic carbocycles. The van der Waals surface area contributed by atoms with Crippen molar-refractivity contribution in [1.82, 2.24) is 5.32 Å². The summed E-state index contributed by atoms with van der Waals surface area (Å²) in [7, 11) is 0. The van der Waals surface area contributed by atoms with E-state index in [2.05, 4.69) is 5.32 Å². The lowest BCUT2D eigenvalue weighted by Crippen LogP contribution is -2.34. The predicted octanol–water partition coefficient (Wildman–Crippen LogP) is 4.50. The zero-order valence-electron chi connectivity index (χ0n) is 14.5. The molecule has 0 saturated heterocycles. The molecule has 2 aromatic carbocycles. The molecule has 0 unspecified atom stereocenters. The van der Waals surface area contributed by atoms with Crippen LogP contribution in [0.5, 0.6) is 0 Å². The number of ketones is 1. The number of nitrogens with one attached hydrogen (secondary N) is 1. The van der Waals surface area contributed by atoms with Crippen LogP contribution in [0.2, 0.25) is 0 Å². The molecule has 24 heavy (non-hydrogen) atoms. The van der Waals surface area contributed by atoms with Crippen LogP contribution in [-0.2, 0) is 4.74 Å². The molecule has 0 bridgehead atoms. The summed E-state index contributed by atoms with van der Waals surface area (Å²) in [5.41, 5.74) is 1.54. The third-order valence-electron chi connectivity index (χ3n) is 3.42. The first-order valence-corrected chi connectivity index (χ1v) is 7.95. The maximum atomic E-state index is 12.5. The van der Waals surface area contributed by atoms with Crippen LogP contribution in [0.3, 0.4) is 0 Å². The fourth-order valence-corrected chi connectivity index (χ4v) is 2.27. The molecule has 0 spiro atoms. The Morgan fingerprint density at radius 1 is 0.958 bits per heavy atom. The lowest BCUT2D eigenvalue weighted by Gasteiger charge is -2.22. The highest BCUT2D eigenvalue weighted by Crippen LogP contribution is 2.18. The molecule has 0 radical (unpaired) electrons. The van der Waals surface area contributed by atoms with Crippen LogP contribution in [0.15, 0.2) is 54.6 Å². The average Bonchev–Trinajstić information content (AvgIpc) is 2.53. The molecule has 1 N–H and O–H groups in total. The standard InChI is InChI=1S/C20H23NO3/c1-14(21-19(23)24-20(2,3)4)16-11-8-12-17(13-16)18(22)15-9-6-5-7-10-15/h5-14H,1-4H3,(H,21,23)/t14-/m0/s1. The summed E-state index contributed by atoms with van der Waals surface area (Å²) in [5.74, 6) is -0.0399. The summed E-state index contributed by atoms with van der Waals surface area (Å²) >= 11 is 0. The van der Waals surface area contributed by atoms with Gasteiger partial charge in [-0.3, -0.25) is 4.79 Å². The van der Waals surface area contributed by atoms with Crippen molar-refractivity contribution in [2.45, 2.75) is 39.3 Å². The van der Waals surface area contributed by atoms with E-state index >= 15 is 0 Å². The molecule has 0 aromatic heterocycles. The summed E-state index contributed by atoms with van der Waals surface area (Å²) in [6.07, 6.45) is -0.477. The average molecular weight is 325 g/mol. The zero-order chi connectivity index (χ0) is 17.7. The Bertz CT molecular complexity index is 717. The van der Waals surface area contributed by atoms with E-state index < -0.39 is 11.7 Å². The SMILES string of the molecule is C[C@H](NC(=O)OC(C)(C)C)c1cccc(C(=O)c2ccccc2)c1. The molecule has 0 aliphatic heterocycles. The van der Waals surface area contributed by atoms with E-state index in [1.54, 1.807) is 24.3 Å². The van der Waals surface area contributed by atoms with E-state index in [1.807, 2.05) is 58.0 Å². The number of carbonyl (C=O) groups is 2. The van der Waals surface area contributed by atoms with Crippen LogP contribution >= 0.6 is 0 Å². The largest absolute Gasteiger partial charge is 0.444 e. The van der Waals surface area contributed by atoms with E-state index in [0.29, 0.717) is 11.1 Å². The Morgan fingerprint density at radius 2 is 1.58 bits per heavy atom.